The van der Waals surface area contributed by atoms with Gasteiger partial charge in [0, 0.05) is 13.1 Å². The molecule has 2 saturated heterocycles. The number of hydrogen-bond donors (Lipinski definition) is 0. The lowest BCUT2D eigenvalue weighted by molar-refractivity contribution is -0.150. The molecule has 20 heavy (non-hydrogen) atoms. The zero-order valence-electron chi connectivity index (χ0n) is 12.3. The van der Waals surface area contributed by atoms with Crippen LogP contribution in [0.4, 0.5) is 0 Å². The molecule has 0 aromatic heterocycles. The van der Waals surface area contributed by atoms with E-state index in [9.17, 15) is 9.59 Å². The smallest absolute Gasteiger partial charge is 0.323 e. The van der Waals surface area contributed by atoms with Crippen LogP contribution in [0.2, 0.25) is 0 Å². The lowest BCUT2D eigenvalue weighted by Crippen LogP contribution is -2.52. The minimum Gasteiger partial charge on any atom is -0.468 e. The van der Waals surface area contributed by atoms with Crippen molar-refractivity contribution in [3.8, 4) is 0 Å². The number of likely N-dealkylation sites (tertiary alicyclic amines) is 1. The lowest BCUT2D eigenvalue weighted by Gasteiger charge is -2.36. The molecule has 6 heteroatoms. The van der Waals surface area contributed by atoms with Gasteiger partial charge in [-0.1, -0.05) is 6.42 Å². The van der Waals surface area contributed by atoms with E-state index in [-0.39, 0.29) is 24.0 Å². The van der Waals surface area contributed by atoms with Gasteiger partial charge in [-0.25, -0.2) is 0 Å². The van der Waals surface area contributed by atoms with E-state index >= 15 is 0 Å². The molecule has 0 aromatic rings. The number of piperidine rings is 1. The van der Waals surface area contributed by atoms with Crippen LogP contribution >= 0.6 is 0 Å². The monoisotopic (exact) mass is 284 g/mol. The van der Waals surface area contributed by atoms with Crippen LogP contribution in [-0.4, -0.2) is 73.7 Å². The van der Waals surface area contributed by atoms with Gasteiger partial charge in [-0.05, 0) is 26.3 Å². The van der Waals surface area contributed by atoms with Gasteiger partial charge in [0.2, 0.25) is 5.91 Å². The maximum atomic E-state index is 12.3. The fourth-order valence-electron chi connectivity index (χ4n) is 2.90. The molecule has 0 aliphatic carbocycles. The topological polar surface area (TPSA) is 59.1 Å². The number of carbonyl (C=O) groups is 2. The van der Waals surface area contributed by atoms with Crippen molar-refractivity contribution in [3.05, 3.63) is 0 Å². The first-order valence-electron chi connectivity index (χ1n) is 7.33. The summed E-state index contributed by atoms with van der Waals surface area (Å²) in [7, 11) is 1.40. The summed E-state index contributed by atoms with van der Waals surface area (Å²) in [5.74, 6) is -0.149. The first-order valence-corrected chi connectivity index (χ1v) is 7.33. The van der Waals surface area contributed by atoms with Gasteiger partial charge in [0.25, 0.3) is 0 Å². The minimum atomic E-state index is -0.267. The van der Waals surface area contributed by atoms with Crippen molar-refractivity contribution in [1.29, 1.82) is 0 Å². The molecular formula is C14H24N2O4. The average Bonchev–Trinajstić information content (AvgIpc) is 2.47. The number of amides is 1. The lowest BCUT2D eigenvalue weighted by atomic mass is 10.0. The van der Waals surface area contributed by atoms with Gasteiger partial charge in [0.15, 0.2) is 0 Å². The first kappa shape index (κ1) is 15.3. The number of morpholine rings is 1. The average molecular weight is 284 g/mol. The van der Waals surface area contributed by atoms with Gasteiger partial charge in [0.1, 0.15) is 6.04 Å². The molecule has 0 spiro atoms. The fraction of sp³-hybridized carbons (Fsp3) is 0.857. The molecule has 0 aromatic carbocycles. The quantitative estimate of drug-likeness (QED) is 0.696. The Morgan fingerprint density at radius 2 is 2.10 bits per heavy atom. The Balaban J connectivity index is 1.92. The maximum Gasteiger partial charge on any atom is 0.323 e. The summed E-state index contributed by atoms with van der Waals surface area (Å²) in [6.45, 7) is 4.91. The molecule has 2 aliphatic heterocycles. The van der Waals surface area contributed by atoms with Gasteiger partial charge < -0.3 is 14.4 Å². The molecule has 0 bridgehead atoms. The summed E-state index contributed by atoms with van der Waals surface area (Å²) >= 11 is 0. The summed E-state index contributed by atoms with van der Waals surface area (Å²) < 4.78 is 10.3. The van der Waals surface area contributed by atoms with Gasteiger partial charge >= 0.3 is 5.97 Å². The third kappa shape index (κ3) is 3.70. The first-order chi connectivity index (χ1) is 9.61. The molecule has 2 aliphatic rings. The molecule has 2 atom stereocenters. The molecule has 2 heterocycles. The predicted octanol–water partition coefficient (Wildman–Crippen LogP) is 0.261. The summed E-state index contributed by atoms with van der Waals surface area (Å²) in [5.41, 5.74) is 0. The van der Waals surface area contributed by atoms with Crippen LogP contribution in [-0.2, 0) is 19.1 Å². The highest BCUT2D eigenvalue weighted by Gasteiger charge is 2.32. The van der Waals surface area contributed by atoms with Crippen LogP contribution in [0.1, 0.15) is 26.2 Å². The fourth-order valence-corrected chi connectivity index (χ4v) is 2.90. The molecule has 2 rings (SSSR count). The van der Waals surface area contributed by atoms with E-state index in [0.29, 0.717) is 26.2 Å². The van der Waals surface area contributed by atoms with E-state index in [1.165, 1.54) is 7.11 Å². The summed E-state index contributed by atoms with van der Waals surface area (Å²) in [6, 6.07) is -0.267. The highest BCUT2D eigenvalue weighted by atomic mass is 16.5. The number of methoxy groups -OCH3 is 1. The van der Waals surface area contributed by atoms with Crippen LogP contribution in [0, 0.1) is 0 Å². The van der Waals surface area contributed by atoms with Gasteiger partial charge in [0.05, 0.1) is 26.4 Å². The van der Waals surface area contributed by atoms with Crippen molar-refractivity contribution in [2.24, 2.45) is 0 Å². The third-order valence-electron chi connectivity index (χ3n) is 4.02. The van der Waals surface area contributed by atoms with Crippen molar-refractivity contribution in [1.82, 2.24) is 9.80 Å². The number of carbonyl (C=O) groups excluding carboxylic acids is 2. The van der Waals surface area contributed by atoms with Crippen LogP contribution in [0.25, 0.3) is 0 Å². The van der Waals surface area contributed by atoms with Crippen molar-refractivity contribution >= 4 is 11.9 Å². The second kappa shape index (κ2) is 7.04. The second-order valence-corrected chi connectivity index (χ2v) is 5.53. The summed E-state index contributed by atoms with van der Waals surface area (Å²) in [6.07, 6.45) is 2.91. The summed E-state index contributed by atoms with van der Waals surface area (Å²) in [4.78, 5) is 27.9. The standard InChI is InChI=1S/C14H24N2O4/c1-11-9-16(7-8-20-11)13(17)10-15-6-4-3-5-12(15)14(18)19-2/h11-12H,3-10H2,1-2H3/t11-,12-/m1/s1. The molecule has 1 amide bonds. The largest absolute Gasteiger partial charge is 0.468 e. The zero-order chi connectivity index (χ0) is 14.5. The highest BCUT2D eigenvalue weighted by molar-refractivity contribution is 5.80. The Hall–Kier alpha value is -1.14. The number of ether oxygens (including phenoxy) is 2. The van der Waals surface area contributed by atoms with Crippen molar-refractivity contribution in [2.45, 2.75) is 38.3 Å². The van der Waals surface area contributed by atoms with Crippen LogP contribution in [0.3, 0.4) is 0 Å². The molecule has 0 saturated carbocycles. The third-order valence-corrected chi connectivity index (χ3v) is 4.02. The highest BCUT2D eigenvalue weighted by Crippen LogP contribution is 2.18. The number of nitrogens with zero attached hydrogens (tertiary/aromatic N) is 2. The van der Waals surface area contributed by atoms with Crippen molar-refractivity contribution < 1.29 is 19.1 Å². The van der Waals surface area contributed by atoms with Crippen LogP contribution in [0.15, 0.2) is 0 Å². The molecule has 0 N–H and O–H groups in total. The molecule has 2 fully saturated rings. The molecule has 6 nitrogen and oxygen atoms in total. The van der Waals surface area contributed by atoms with Gasteiger partial charge in [-0.2, -0.15) is 0 Å². The summed E-state index contributed by atoms with van der Waals surface area (Å²) in [5, 5.41) is 0. The Bertz CT molecular complexity index is 361. The van der Waals surface area contributed by atoms with Crippen LogP contribution < -0.4 is 0 Å². The van der Waals surface area contributed by atoms with Crippen molar-refractivity contribution in [2.75, 3.05) is 39.9 Å². The van der Waals surface area contributed by atoms with E-state index in [1.807, 2.05) is 16.7 Å². The number of esters is 1. The van der Waals surface area contributed by atoms with Gasteiger partial charge in [-0.15, -0.1) is 0 Å². The maximum absolute atomic E-state index is 12.3. The van der Waals surface area contributed by atoms with Gasteiger partial charge in [-0.3, -0.25) is 14.5 Å². The molecular weight excluding hydrogens is 260 g/mol. The van der Waals surface area contributed by atoms with E-state index in [0.717, 1.165) is 25.8 Å². The molecule has 0 unspecified atom stereocenters. The Morgan fingerprint density at radius 3 is 2.80 bits per heavy atom. The second-order valence-electron chi connectivity index (χ2n) is 5.53. The van der Waals surface area contributed by atoms with E-state index in [4.69, 9.17) is 9.47 Å². The number of rotatable bonds is 3. The Morgan fingerprint density at radius 1 is 1.30 bits per heavy atom. The van der Waals surface area contributed by atoms with E-state index < -0.39 is 0 Å². The Kier molecular flexibility index (Phi) is 5.37. The Labute approximate surface area is 120 Å². The van der Waals surface area contributed by atoms with E-state index in [1.54, 1.807) is 0 Å². The van der Waals surface area contributed by atoms with E-state index in [2.05, 4.69) is 0 Å². The molecule has 114 valence electrons. The van der Waals surface area contributed by atoms with Crippen molar-refractivity contribution in [3.63, 3.8) is 0 Å². The normalized spacial score (nSPS) is 28.2. The minimum absolute atomic E-state index is 0.0796. The predicted molar refractivity (Wildman–Crippen MR) is 73.2 cm³/mol. The zero-order valence-corrected chi connectivity index (χ0v) is 12.3. The number of hydrogen-bond acceptors (Lipinski definition) is 5. The molecule has 0 radical (unpaired) electrons. The van der Waals surface area contributed by atoms with Crippen LogP contribution in [0.5, 0.6) is 0 Å². The SMILES string of the molecule is COC(=O)[C@H]1CCCCN1CC(=O)N1CCO[C@H](C)C1.